The van der Waals surface area contributed by atoms with Crippen molar-refractivity contribution in [1.82, 2.24) is 10.2 Å². The van der Waals surface area contributed by atoms with E-state index >= 15 is 0 Å². The highest BCUT2D eigenvalue weighted by molar-refractivity contribution is 5.82. The Labute approximate surface area is 181 Å². The van der Waals surface area contributed by atoms with E-state index in [0.717, 1.165) is 25.9 Å². The molecule has 2 aromatic rings. The predicted octanol–water partition coefficient (Wildman–Crippen LogP) is 4.07. The molecule has 1 aliphatic heterocycles. The Morgan fingerprint density at radius 2 is 1.80 bits per heavy atom. The highest BCUT2D eigenvalue weighted by Crippen LogP contribution is 2.15. The lowest BCUT2D eigenvalue weighted by atomic mass is 9.96. The van der Waals surface area contributed by atoms with Crippen molar-refractivity contribution >= 4 is 5.91 Å². The first kappa shape index (κ1) is 22.5. The summed E-state index contributed by atoms with van der Waals surface area (Å²) in [6.45, 7) is 4.49. The second-order valence-corrected chi connectivity index (χ2v) is 8.58. The van der Waals surface area contributed by atoms with Crippen LogP contribution in [0.5, 0.6) is 0 Å². The minimum Gasteiger partial charge on any atom is -0.336 e. The Balaban J connectivity index is 1.50. The molecule has 1 heterocycles. The zero-order valence-corrected chi connectivity index (χ0v) is 18.4. The summed E-state index contributed by atoms with van der Waals surface area (Å²) in [5.74, 6) is 0.172. The third-order valence-electron chi connectivity index (χ3n) is 5.95. The van der Waals surface area contributed by atoms with Crippen LogP contribution in [-0.2, 0) is 24.2 Å². The largest absolute Gasteiger partial charge is 0.336 e. The van der Waals surface area contributed by atoms with Crippen molar-refractivity contribution in [3.63, 3.8) is 0 Å². The smallest absolute Gasteiger partial charge is 0.240 e. The van der Waals surface area contributed by atoms with Gasteiger partial charge in [0, 0.05) is 25.7 Å². The second-order valence-electron chi connectivity index (χ2n) is 8.58. The van der Waals surface area contributed by atoms with Gasteiger partial charge in [-0.3, -0.25) is 4.79 Å². The molecule has 1 fully saturated rings. The Kier molecular flexibility index (Phi) is 8.91. The maximum atomic E-state index is 13.0. The summed E-state index contributed by atoms with van der Waals surface area (Å²) in [5.41, 5.74) is 10.3. The van der Waals surface area contributed by atoms with Gasteiger partial charge in [-0.1, -0.05) is 80.8 Å². The van der Waals surface area contributed by atoms with Crippen LogP contribution in [0.3, 0.4) is 0 Å². The molecule has 0 aromatic heterocycles. The quantitative estimate of drug-likeness (QED) is 0.552. The second kappa shape index (κ2) is 11.9. The number of benzene rings is 2. The van der Waals surface area contributed by atoms with E-state index in [2.05, 4.69) is 48.6 Å². The fraction of sp³-hybridized carbons (Fsp3) is 0.500. The van der Waals surface area contributed by atoms with Gasteiger partial charge in [0.2, 0.25) is 5.91 Å². The number of carbonyl (C=O) groups excluding carboxylic acids is 1. The Morgan fingerprint density at radius 1 is 1.03 bits per heavy atom. The van der Waals surface area contributed by atoms with Crippen molar-refractivity contribution in [2.75, 3.05) is 13.1 Å². The molecule has 0 unspecified atom stereocenters. The van der Waals surface area contributed by atoms with Crippen LogP contribution < -0.4 is 11.1 Å². The van der Waals surface area contributed by atoms with Gasteiger partial charge in [0.25, 0.3) is 0 Å². The molecule has 2 aromatic carbocycles. The van der Waals surface area contributed by atoms with Crippen LogP contribution in [0.15, 0.2) is 54.6 Å². The van der Waals surface area contributed by atoms with Gasteiger partial charge in [0.15, 0.2) is 0 Å². The Bertz CT molecular complexity index is 777. The lowest BCUT2D eigenvalue weighted by Crippen LogP contribution is -2.56. The van der Waals surface area contributed by atoms with Crippen LogP contribution in [0.2, 0.25) is 0 Å². The number of nitrogens with one attached hydrogen (secondary N) is 1. The number of hydrogen-bond donors (Lipinski definition) is 2. The fourth-order valence-corrected chi connectivity index (χ4v) is 4.29. The van der Waals surface area contributed by atoms with Crippen LogP contribution in [0.25, 0.3) is 0 Å². The minimum atomic E-state index is -0.185. The number of unbranched alkanes of at least 4 members (excludes halogenated alkanes) is 3. The number of piperazine rings is 1. The molecule has 1 saturated heterocycles. The lowest BCUT2D eigenvalue weighted by Gasteiger charge is -2.34. The summed E-state index contributed by atoms with van der Waals surface area (Å²) in [7, 11) is 0. The van der Waals surface area contributed by atoms with Gasteiger partial charge in [-0.05, 0) is 42.4 Å². The highest BCUT2D eigenvalue weighted by Gasteiger charge is 2.29. The van der Waals surface area contributed by atoms with Crippen LogP contribution >= 0.6 is 0 Å². The molecular formula is C26H37N3O. The van der Waals surface area contributed by atoms with Crippen LogP contribution in [0.4, 0.5) is 0 Å². The summed E-state index contributed by atoms with van der Waals surface area (Å²) >= 11 is 0. The average molecular weight is 408 g/mol. The summed E-state index contributed by atoms with van der Waals surface area (Å²) in [4.78, 5) is 14.9. The molecule has 1 aliphatic rings. The van der Waals surface area contributed by atoms with E-state index in [-0.39, 0.29) is 18.0 Å². The molecule has 1 amide bonds. The third-order valence-corrected chi connectivity index (χ3v) is 5.95. The molecule has 0 saturated carbocycles. The molecule has 4 heteroatoms. The van der Waals surface area contributed by atoms with Crippen LogP contribution in [0, 0.1) is 0 Å². The van der Waals surface area contributed by atoms with Gasteiger partial charge >= 0.3 is 0 Å². The van der Waals surface area contributed by atoms with Gasteiger partial charge in [0.1, 0.15) is 0 Å². The lowest BCUT2D eigenvalue weighted by molar-refractivity contribution is -0.136. The van der Waals surface area contributed by atoms with Crippen molar-refractivity contribution in [3.05, 3.63) is 71.3 Å². The molecular weight excluding hydrogens is 370 g/mol. The number of amides is 1. The summed E-state index contributed by atoms with van der Waals surface area (Å²) in [6, 6.07) is 18.8. The van der Waals surface area contributed by atoms with Crippen molar-refractivity contribution in [1.29, 1.82) is 0 Å². The summed E-state index contributed by atoms with van der Waals surface area (Å²) in [6.07, 6.45) is 7.76. The van der Waals surface area contributed by atoms with Gasteiger partial charge in [-0.2, -0.15) is 0 Å². The number of nitrogens with zero attached hydrogens (tertiary/aromatic N) is 1. The van der Waals surface area contributed by atoms with Gasteiger partial charge in [-0.25, -0.2) is 0 Å². The average Bonchev–Trinajstić information content (AvgIpc) is 2.75. The molecule has 0 radical (unpaired) electrons. The number of nitrogens with two attached hydrogens (primary N) is 1. The summed E-state index contributed by atoms with van der Waals surface area (Å²) in [5, 5.41) is 3.38. The van der Waals surface area contributed by atoms with E-state index in [1.54, 1.807) is 0 Å². The Morgan fingerprint density at radius 3 is 2.60 bits per heavy atom. The Hall–Kier alpha value is -2.17. The molecule has 162 valence electrons. The SMILES string of the molecule is CCCCCCc1cccc(C[C@H](N)C[C@@H]2NCCN(Cc3ccccc3)C2=O)c1. The van der Waals surface area contributed by atoms with E-state index in [9.17, 15) is 4.79 Å². The van der Waals surface area contributed by atoms with E-state index in [1.807, 2.05) is 23.1 Å². The van der Waals surface area contributed by atoms with Gasteiger partial charge in [-0.15, -0.1) is 0 Å². The van der Waals surface area contributed by atoms with Gasteiger partial charge in [0.05, 0.1) is 6.04 Å². The first-order valence-corrected chi connectivity index (χ1v) is 11.5. The van der Waals surface area contributed by atoms with E-state index in [4.69, 9.17) is 5.73 Å². The number of carbonyl (C=O) groups is 1. The van der Waals surface area contributed by atoms with Crippen molar-refractivity contribution in [2.24, 2.45) is 5.73 Å². The molecule has 2 atom stereocenters. The first-order valence-electron chi connectivity index (χ1n) is 11.5. The maximum absolute atomic E-state index is 13.0. The highest BCUT2D eigenvalue weighted by atomic mass is 16.2. The van der Waals surface area contributed by atoms with Crippen molar-refractivity contribution < 1.29 is 4.79 Å². The number of rotatable bonds is 11. The fourth-order valence-electron chi connectivity index (χ4n) is 4.29. The zero-order valence-electron chi connectivity index (χ0n) is 18.4. The molecule has 0 spiro atoms. The zero-order chi connectivity index (χ0) is 21.2. The molecule has 3 N–H and O–H groups in total. The molecule has 0 bridgehead atoms. The summed E-state index contributed by atoms with van der Waals surface area (Å²) < 4.78 is 0. The van der Waals surface area contributed by atoms with E-state index < -0.39 is 0 Å². The van der Waals surface area contributed by atoms with Crippen LogP contribution in [-0.4, -0.2) is 36.0 Å². The van der Waals surface area contributed by atoms with Crippen molar-refractivity contribution in [3.8, 4) is 0 Å². The van der Waals surface area contributed by atoms with E-state index in [0.29, 0.717) is 13.0 Å². The number of hydrogen-bond acceptors (Lipinski definition) is 3. The third kappa shape index (κ3) is 6.96. The molecule has 30 heavy (non-hydrogen) atoms. The standard InChI is InChI=1S/C26H37N3O/c1-2-3-4-6-10-21-13-9-14-23(17-21)18-24(27)19-25-26(30)29(16-15-28-25)20-22-11-7-5-8-12-22/h5,7-9,11-14,17,24-25,28H,2-4,6,10,15-16,18-20,27H2,1H3/t24-,25-/m0/s1. The molecule has 0 aliphatic carbocycles. The van der Waals surface area contributed by atoms with Gasteiger partial charge < -0.3 is 16.0 Å². The van der Waals surface area contributed by atoms with E-state index in [1.165, 1.54) is 42.4 Å². The van der Waals surface area contributed by atoms with Crippen molar-refractivity contribution in [2.45, 2.75) is 70.5 Å². The first-order chi connectivity index (χ1) is 14.7. The molecule has 3 rings (SSSR count). The maximum Gasteiger partial charge on any atom is 0.240 e. The minimum absolute atomic E-state index is 0.0292. The monoisotopic (exact) mass is 407 g/mol. The normalized spacial score (nSPS) is 17.9. The molecule has 4 nitrogen and oxygen atoms in total. The predicted molar refractivity (Wildman–Crippen MR) is 124 cm³/mol. The van der Waals surface area contributed by atoms with Crippen LogP contribution in [0.1, 0.15) is 55.7 Å². The number of aryl methyl sites for hydroxylation is 1. The topological polar surface area (TPSA) is 58.4 Å².